The lowest BCUT2D eigenvalue weighted by molar-refractivity contribution is -0.0566. The lowest BCUT2D eigenvalue weighted by atomic mass is 9.80. The topological polar surface area (TPSA) is 32.7 Å². The molecule has 3 nitrogen and oxygen atoms in total. The van der Waals surface area contributed by atoms with Gasteiger partial charge < -0.3 is 9.84 Å². The summed E-state index contributed by atoms with van der Waals surface area (Å²) in [6, 6.07) is 0. The summed E-state index contributed by atoms with van der Waals surface area (Å²) in [5, 5.41) is 11.0. The van der Waals surface area contributed by atoms with E-state index in [1.54, 1.807) is 0 Å². The standard InChI is InChI=1S/C17H31NO2/c19-16(14-15-6-12-20-13-7-15)17(8-2-3-9-17)18-10-4-1-5-11-18/h15-16,19H,1-14H2. The maximum Gasteiger partial charge on any atom is 0.0726 e. The molecular weight excluding hydrogens is 250 g/mol. The first-order valence-corrected chi connectivity index (χ1v) is 8.82. The molecule has 116 valence electrons. The van der Waals surface area contributed by atoms with Crippen LogP contribution in [-0.4, -0.2) is 48.0 Å². The summed E-state index contributed by atoms with van der Waals surface area (Å²) in [4.78, 5) is 2.66. The average Bonchev–Trinajstić information content (AvgIpc) is 3.00. The molecule has 3 fully saturated rings. The Labute approximate surface area is 123 Å². The van der Waals surface area contributed by atoms with E-state index in [0.717, 1.165) is 32.5 Å². The molecule has 2 aliphatic heterocycles. The van der Waals surface area contributed by atoms with Gasteiger partial charge in [0.2, 0.25) is 0 Å². The zero-order valence-electron chi connectivity index (χ0n) is 12.9. The minimum atomic E-state index is -0.119. The molecule has 0 bridgehead atoms. The molecular formula is C17H31NO2. The molecule has 1 N–H and O–H groups in total. The quantitative estimate of drug-likeness (QED) is 0.860. The van der Waals surface area contributed by atoms with Gasteiger partial charge >= 0.3 is 0 Å². The van der Waals surface area contributed by atoms with Crippen LogP contribution >= 0.6 is 0 Å². The zero-order chi connectivity index (χ0) is 13.8. The molecule has 0 spiro atoms. The number of likely N-dealkylation sites (tertiary alicyclic amines) is 1. The number of piperidine rings is 1. The normalized spacial score (nSPS) is 30.4. The number of rotatable bonds is 4. The molecule has 0 amide bonds. The van der Waals surface area contributed by atoms with Gasteiger partial charge in [-0.2, -0.15) is 0 Å². The molecule has 0 radical (unpaired) electrons. The van der Waals surface area contributed by atoms with Gasteiger partial charge in [0.05, 0.1) is 6.10 Å². The Kier molecular flexibility index (Phi) is 5.00. The van der Waals surface area contributed by atoms with E-state index < -0.39 is 0 Å². The molecule has 0 aromatic rings. The first-order valence-electron chi connectivity index (χ1n) is 8.82. The second kappa shape index (κ2) is 6.76. The monoisotopic (exact) mass is 281 g/mol. The Balaban J connectivity index is 1.65. The van der Waals surface area contributed by atoms with Gasteiger partial charge in [0, 0.05) is 18.8 Å². The minimum Gasteiger partial charge on any atom is -0.391 e. The molecule has 0 aromatic carbocycles. The van der Waals surface area contributed by atoms with Crippen molar-refractivity contribution >= 4 is 0 Å². The van der Waals surface area contributed by atoms with Crippen LogP contribution in [0.4, 0.5) is 0 Å². The predicted octanol–water partition coefficient (Wildman–Crippen LogP) is 2.96. The van der Waals surface area contributed by atoms with Crippen LogP contribution in [0.15, 0.2) is 0 Å². The van der Waals surface area contributed by atoms with E-state index in [-0.39, 0.29) is 11.6 Å². The van der Waals surface area contributed by atoms with Crippen LogP contribution in [0.5, 0.6) is 0 Å². The van der Waals surface area contributed by atoms with Gasteiger partial charge in [-0.15, -0.1) is 0 Å². The summed E-state index contributed by atoms with van der Waals surface area (Å²) in [5.74, 6) is 0.681. The highest BCUT2D eigenvalue weighted by Gasteiger charge is 2.45. The summed E-state index contributed by atoms with van der Waals surface area (Å²) in [6.45, 7) is 4.22. The van der Waals surface area contributed by atoms with Crippen molar-refractivity contribution in [3.8, 4) is 0 Å². The Hall–Kier alpha value is -0.120. The van der Waals surface area contributed by atoms with E-state index in [4.69, 9.17) is 4.74 Å². The van der Waals surface area contributed by atoms with E-state index in [1.165, 1.54) is 58.0 Å². The molecule has 0 aromatic heterocycles. The first-order chi connectivity index (χ1) is 9.81. The van der Waals surface area contributed by atoms with Crippen molar-refractivity contribution in [3.63, 3.8) is 0 Å². The lowest BCUT2D eigenvalue weighted by Gasteiger charge is -2.47. The average molecular weight is 281 g/mol. The van der Waals surface area contributed by atoms with Crippen molar-refractivity contribution in [1.29, 1.82) is 0 Å². The van der Waals surface area contributed by atoms with Crippen molar-refractivity contribution in [1.82, 2.24) is 4.90 Å². The maximum atomic E-state index is 11.0. The Morgan fingerprint density at radius 1 is 1.00 bits per heavy atom. The van der Waals surface area contributed by atoms with E-state index in [0.29, 0.717) is 5.92 Å². The van der Waals surface area contributed by atoms with Gasteiger partial charge in [0.1, 0.15) is 0 Å². The first kappa shape index (κ1) is 14.8. The highest BCUT2D eigenvalue weighted by Crippen LogP contribution is 2.42. The Morgan fingerprint density at radius 2 is 1.65 bits per heavy atom. The maximum absolute atomic E-state index is 11.0. The number of aliphatic hydroxyl groups excluding tert-OH is 1. The molecule has 1 unspecified atom stereocenters. The van der Waals surface area contributed by atoms with Gasteiger partial charge in [0.15, 0.2) is 0 Å². The molecule has 20 heavy (non-hydrogen) atoms. The van der Waals surface area contributed by atoms with Gasteiger partial charge in [-0.1, -0.05) is 19.3 Å². The van der Waals surface area contributed by atoms with Crippen molar-refractivity contribution in [2.75, 3.05) is 26.3 Å². The van der Waals surface area contributed by atoms with Crippen LogP contribution in [-0.2, 0) is 4.74 Å². The third-order valence-corrected chi connectivity index (χ3v) is 5.97. The van der Waals surface area contributed by atoms with Crippen molar-refractivity contribution in [2.45, 2.75) is 75.9 Å². The van der Waals surface area contributed by atoms with Crippen LogP contribution in [0.25, 0.3) is 0 Å². The fourth-order valence-electron chi connectivity index (χ4n) is 4.70. The van der Waals surface area contributed by atoms with Crippen LogP contribution < -0.4 is 0 Å². The molecule has 1 atom stereocenters. The number of hydrogen-bond donors (Lipinski definition) is 1. The summed E-state index contributed by atoms with van der Waals surface area (Å²) in [5.41, 5.74) is 0.124. The Bertz CT molecular complexity index is 289. The summed E-state index contributed by atoms with van der Waals surface area (Å²) in [6.07, 6.45) is 12.3. The van der Waals surface area contributed by atoms with E-state index in [9.17, 15) is 5.11 Å². The van der Waals surface area contributed by atoms with Gasteiger partial charge in [-0.05, 0) is 64.0 Å². The summed E-state index contributed by atoms with van der Waals surface area (Å²) >= 11 is 0. The zero-order valence-corrected chi connectivity index (χ0v) is 12.9. The smallest absolute Gasteiger partial charge is 0.0726 e. The van der Waals surface area contributed by atoms with Gasteiger partial charge in [-0.25, -0.2) is 0 Å². The number of nitrogens with zero attached hydrogens (tertiary/aromatic N) is 1. The molecule has 3 heteroatoms. The predicted molar refractivity (Wildman–Crippen MR) is 80.8 cm³/mol. The largest absolute Gasteiger partial charge is 0.391 e. The van der Waals surface area contributed by atoms with E-state index in [1.807, 2.05) is 0 Å². The number of hydrogen-bond acceptors (Lipinski definition) is 3. The minimum absolute atomic E-state index is 0.119. The molecule has 3 aliphatic rings. The van der Waals surface area contributed by atoms with Crippen molar-refractivity contribution in [3.05, 3.63) is 0 Å². The second-order valence-corrected chi connectivity index (χ2v) is 7.17. The molecule has 3 rings (SSSR count). The molecule has 2 heterocycles. The second-order valence-electron chi connectivity index (χ2n) is 7.17. The van der Waals surface area contributed by atoms with Gasteiger partial charge in [-0.3, -0.25) is 4.90 Å². The fraction of sp³-hybridized carbons (Fsp3) is 1.00. The third kappa shape index (κ3) is 3.05. The summed E-state index contributed by atoms with van der Waals surface area (Å²) < 4.78 is 5.46. The van der Waals surface area contributed by atoms with Crippen molar-refractivity contribution in [2.24, 2.45) is 5.92 Å². The molecule has 1 saturated carbocycles. The number of ether oxygens (including phenoxy) is 1. The third-order valence-electron chi connectivity index (χ3n) is 5.97. The fourth-order valence-corrected chi connectivity index (χ4v) is 4.70. The highest BCUT2D eigenvalue weighted by atomic mass is 16.5. The number of aliphatic hydroxyl groups is 1. The molecule has 2 saturated heterocycles. The van der Waals surface area contributed by atoms with E-state index in [2.05, 4.69) is 4.90 Å². The highest BCUT2D eigenvalue weighted by molar-refractivity contribution is 5.01. The SMILES string of the molecule is OC(CC1CCOCC1)C1(N2CCCCC2)CCCC1. The summed E-state index contributed by atoms with van der Waals surface area (Å²) in [7, 11) is 0. The van der Waals surface area contributed by atoms with E-state index >= 15 is 0 Å². The lowest BCUT2D eigenvalue weighted by Crippen LogP contribution is -2.57. The van der Waals surface area contributed by atoms with Gasteiger partial charge in [0.25, 0.3) is 0 Å². The van der Waals surface area contributed by atoms with Crippen LogP contribution in [0, 0.1) is 5.92 Å². The molecule has 1 aliphatic carbocycles. The van der Waals surface area contributed by atoms with Crippen LogP contribution in [0.1, 0.15) is 64.2 Å². The Morgan fingerprint density at radius 3 is 2.30 bits per heavy atom. The van der Waals surface area contributed by atoms with Crippen molar-refractivity contribution < 1.29 is 9.84 Å². The van der Waals surface area contributed by atoms with Crippen LogP contribution in [0.2, 0.25) is 0 Å². The van der Waals surface area contributed by atoms with Crippen LogP contribution in [0.3, 0.4) is 0 Å².